The molecule has 0 bridgehead atoms. The van der Waals surface area contributed by atoms with Gasteiger partial charge in [0.25, 0.3) is 5.69 Å². The van der Waals surface area contributed by atoms with Gasteiger partial charge in [-0.2, -0.15) is 5.10 Å². The number of hydrogen-bond acceptors (Lipinski definition) is 7. The highest BCUT2D eigenvalue weighted by Gasteiger charge is 2.16. The molecule has 0 aliphatic rings. The van der Waals surface area contributed by atoms with Crippen LogP contribution in [0.4, 0.5) is 5.69 Å². The van der Waals surface area contributed by atoms with Gasteiger partial charge in [-0.1, -0.05) is 0 Å². The summed E-state index contributed by atoms with van der Waals surface area (Å²) in [4.78, 5) is 10.3. The quantitative estimate of drug-likeness (QED) is 0.231. The first-order valence-electron chi connectivity index (χ1n) is 9.42. The Morgan fingerprint density at radius 3 is 2.16 bits per heavy atom. The Balaban J connectivity index is 1.64. The Bertz CT molecular complexity index is 1310. The van der Waals surface area contributed by atoms with Crippen molar-refractivity contribution in [2.45, 2.75) is 0 Å². The predicted octanol–water partition coefficient (Wildman–Crippen LogP) is 5.31. The number of nitrogens with zero attached hydrogens (tertiary/aromatic N) is 3. The number of benzene rings is 3. The predicted molar refractivity (Wildman–Crippen MR) is 120 cm³/mol. The molecule has 4 rings (SSSR count). The van der Waals surface area contributed by atoms with Crippen LogP contribution in [0.25, 0.3) is 17.1 Å². The number of nitro groups is 1. The van der Waals surface area contributed by atoms with E-state index < -0.39 is 4.92 Å². The monoisotopic (exact) mass is 450 g/mol. The fraction of sp³-hybridized carbons (Fsp3) is 0.0909. The molecule has 0 spiro atoms. The van der Waals surface area contributed by atoms with Gasteiger partial charge in [-0.3, -0.25) is 19.8 Å². The summed E-state index contributed by atoms with van der Waals surface area (Å²) < 4.78 is 18.8. The smallest absolute Gasteiger partial charge is 0.269 e. The number of non-ortho nitro benzene ring substituents is 1. The maximum Gasteiger partial charge on any atom is 0.269 e. The first-order chi connectivity index (χ1) is 15.5. The van der Waals surface area contributed by atoms with Gasteiger partial charge in [-0.05, 0) is 60.7 Å². The first-order valence-corrected chi connectivity index (χ1v) is 9.83. The van der Waals surface area contributed by atoms with E-state index in [2.05, 4.69) is 10.2 Å². The topological polar surface area (TPSA) is 104 Å². The number of ether oxygens (including phenoxy) is 3. The largest absolute Gasteiger partial charge is 0.497 e. The van der Waals surface area contributed by atoms with Crippen LogP contribution < -0.4 is 14.2 Å². The molecule has 162 valence electrons. The second kappa shape index (κ2) is 8.90. The summed E-state index contributed by atoms with van der Waals surface area (Å²) in [5.41, 5.74) is 1.52. The Kier molecular flexibility index (Phi) is 5.86. The number of aromatic amines is 1. The molecule has 0 atom stereocenters. The van der Waals surface area contributed by atoms with Gasteiger partial charge in [0.2, 0.25) is 0 Å². The van der Waals surface area contributed by atoms with Gasteiger partial charge >= 0.3 is 0 Å². The highest BCUT2D eigenvalue weighted by atomic mass is 32.1. The lowest BCUT2D eigenvalue weighted by Crippen LogP contribution is -2.00. The second-order valence-electron chi connectivity index (χ2n) is 6.60. The molecule has 0 aliphatic carbocycles. The minimum atomic E-state index is -0.456. The highest BCUT2D eigenvalue weighted by molar-refractivity contribution is 7.71. The second-order valence-corrected chi connectivity index (χ2v) is 6.99. The Labute approximate surface area is 188 Å². The van der Waals surface area contributed by atoms with Gasteiger partial charge in [0, 0.05) is 18.2 Å². The third-order valence-corrected chi connectivity index (χ3v) is 4.97. The maximum atomic E-state index is 10.8. The standard InChI is InChI=1S/C22H18N4O5S/c1-29-18-11-12-19(20(13-18)30-2)21-23-24-22(32)25(21)14-3-7-16(8-4-14)31-17-9-5-15(6-10-17)26(27)28/h3-13H,1-2H3,(H,24,32). The van der Waals surface area contributed by atoms with Crippen LogP contribution in [0.2, 0.25) is 0 Å². The van der Waals surface area contributed by atoms with Crippen LogP contribution in [-0.2, 0) is 0 Å². The number of rotatable bonds is 7. The molecule has 0 aliphatic heterocycles. The van der Waals surface area contributed by atoms with E-state index in [9.17, 15) is 10.1 Å². The third kappa shape index (κ3) is 4.16. The molecule has 32 heavy (non-hydrogen) atoms. The third-order valence-electron chi connectivity index (χ3n) is 4.70. The van der Waals surface area contributed by atoms with Gasteiger partial charge in [-0.25, -0.2) is 0 Å². The van der Waals surface area contributed by atoms with Crippen LogP contribution in [0.15, 0.2) is 66.7 Å². The number of hydrogen-bond donors (Lipinski definition) is 1. The molecule has 1 heterocycles. The van der Waals surface area contributed by atoms with Crippen LogP contribution in [0.3, 0.4) is 0 Å². The molecule has 10 heteroatoms. The number of aromatic nitrogens is 3. The van der Waals surface area contributed by atoms with Gasteiger partial charge in [-0.15, -0.1) is 0 Å². The molecule has 3 aromatic carbocycles. The maximum absolute atomic E-state index is 10.8. The zero-order chi connectivity index (χ0) is 22.7. The fourth-order valence-electron chi connectivity index (χ4n) is 3.14. The summed E-state index contributed by atoms with van der Waals surface area (Å²) in [6, 6.07) is 18.6. The Morgan fingerprint density at radius 2 is 1.56 bits per heavy atom. The van der Waals surface area contributed by atoms with Crippen LogP contribution >= 0.6 is 12.2 Å². The highest BCUT2D eigenvalue weighted by Crippen LogP contribution is 2.34. The van der Waals surface area contributed by atoms with Crippen molar-refractivity contribution in [2.75, 3.05) is 14.2 Å². The number of methoxy groups -OCH3 is 2. The molecule has 4 aromatic rings. The summed E-state index contributed by atoms with van der Waals surface area (Å²) >= 11 is 5.45. The SMILES string of the molecule is COc1ccc(-c2n[nH]c(=S)n2-c2ccc(Oc3ccc([N+](=O)[O-])cc3)cc2)c(OC)c1. The summed E-state index contributed by atoms with van der Waals surface area (Å²) in [5.74, 6) is 2.91. The van der Waals surface area contributed by atoms with Crippen LogP contribution in [0, 0.1) is 14.9 Å². The summed E-state index contributed by atoms with van der Waals surface area (Å²) in [5, 5.41) is 18.0. The minimum Gasteiger partial charge on any atom is -0.497 e. The van der Waals surface area contributed by atoms with Crippen molar-refractivity contribution in [3.8, 4) is 40.1 Å². The van der Waals surface area contributed by atoms with E-state index in [0.717, 1.165) is 11.3 Å². The number of nitrogens with one attached hydrogen (secondary N) is 1. The van der Waals surface area contributed by atoms with Crippen molar-refractivity contribution in [1.82, 2.24) is 14.8 Å². The molecule has 0 radical (unpaired) electrons. The van der Waals surface area contributed by atoms with Crippen molar-refractivity contribution in [2.24, 2.45) is 0 Å². The normalized spacial score (nSPS) is 10.6. The zero-order valence-corrected chi connectivity index (χ0v) is 18.0. The summed E-state index contributed by atoms with van der Waals surface area (Å²) in [6.45, 7) is 0. The lowest BCUT2D eigenvalue weighted by atomic mass is 10.1. The molecule has 9 nitrogen and oxygen atoms in total. The molecule has 0 saturated heterocycles. The minimum absolute atomic E-state index is 0.00326. The van der Waals surface area contributed by atoms with E-state index in [4.69, 9.17) is 26.4 Å². The molecular formula is C22H18N4O5S. The van der Waals surface area contributed by atoms with Gasteiger partial charge < -0.3 is 14.2 Å². The molecular weight excluding hydrogens is 432 g/mol. The molecule has 0 amide bonds. The molecule has 0 unspecified atom stereocenters. The Hall–Kier alpha value is -4.18. The van der Waals surface area contributed by atoms with E-state index in [1.807, 2.05) is 24.3 Å². The lowest BCUT2D eigenvalue weighted by molar-refractivity contribution is -0.384. The first kappa shape index (κ1) is 21.1. The molecule has 0 fully saturated rings. The van der Waals surface area contributed by atoms with Crippen LogP contribution in [0.1, 0.15) is 0 Å². The lowest BCUT2D eigenvalue weighted by Gasteiger charge is -2.12. The van der Waals surface area contributed by atoms with Crippen molar-refractivity contribution in [1.29, 1.82) is 0 Å². The zero-order valence-electron chi connectivity index (χ0n) is 17.1. The van der Waals surface area contributed by atoms with E-state index in [1.54, 1.807) is 49.1 Å². The Morgan fingerprint density at radius 1 is 0.938 bits per heavy atom. The van der Waals surface area contributed by atoms with E-state index in [0.29, 0.717) is 33.6 Å². The van der Waals surface area contributed by atoms with Crippen molar-refractivity contribution < 1.29 is 19.1 Å². The van der Waals surface area contributed by atoms with Crippen LogP contribution in [-0.4, -0.2) is 33.9 Å². The van der Waals surface area contributed by atoms with Crippen molar-refractivity contribution in [3.63, 3.8) is 0 Å². The van der Waals surface area contributed by atoms with Crippen molar-refractivity contribution in [3.05, 3.63) is 81.6 Å². The molecule has 0 saturated carbocycles. The average Bonchev–Trinajstić information content (AvgIpc) is 3.20. The molecule has 1 N–H and O–H groups in total. The average molecular weight is 450 g/mol. The fourth-order valence-corrected chi connectivity index (χ4v) is 3.37. The van der Waals surface area contributed by atoms with Gasteiger partial charge in [0.15, 0.2) is 10.6 Å². The summed E-state index contributed by atoms with van der Waals surface area (Å²) in [7, 11) is 3.17. The number of H-pyrrole nitrogens is 1. The molecule has 1 aromatic heterocycles. The van der Waals surface area contributed by atoms with E-state index >= 15 is 0 Å². The number of nitro benzene ring substituents is 1. The van der Waals surface area contributed by atoms with Gasteiger partial charge in [0.1, 0.15) is 23.0 Å². The van der Waals surface area contributed by atoms with E-state index in [1.165, 1.54) is 12.1 Å². The van der Waals surface area contributed by atoms with Crippen LogP contribution in [0.5, 0.6) is 23.0 Å². The van der Waals surface area contributed by atoms with Crippen molar-refractivity contribution >= 4 is 17.9 Å². The van der Waals surface area contributed by atoms with Gasteiger partial charge in [0.05, 0.1) is 30.4 Å². The van der Waals surface area contributed by atoms with E-state index in [-0.39, 0.29) is 5.69 Å². The summed E-state index contributed by atoms with van der Waals surface area (Å²) in [6.07, 6.45) is 0.